The molecule has 1 aliphatic heterocycles. The number of aliphatic imine (C=N–C) groups is 1. The van der Waals surface area contributed by atoms with Crippen LogP contribution in [-0.2, 0) is 0 Å². The highest BCUT2D eigenvalue weighted by Gasteiger charge is 2.07. The lowest BCUT2D eigenvalue weighted by Crippen LogP contribution is -2.07. The lowest BCUT2D eigenvalue weighted by Gasteiger charge is -2.04. The van der Waals surface area contributed by atoms with E-state index < -0.39 is 4.92 Å². The average molecular weight is 205 g/mol. The zero-order valence-electron chi connectivity index (χ0n) is 8.14. The first kappa shape index (κ1) is 9.64. The minimum Gasteiger partial charge on any atom is -0.344 e. The molecule has 15 heavy (non-hydrogen) atoms. The molecule has 0 radical (unpaired) electrons. The number of rotatable bonds is 2. The Labute approximate surface area is 87.0 Å². The normalized spacial score (nSPS) is 14.8. The molecule has 1 aromatic carbocycles. The van der Waals surface area contributed by atoms with E-state index in [9.17, 15) is 10.1 Å². The number of non-ortho nitro benzene ring substituents is 1. The standard InChI is InChI=1S/C10H11N3O2/c14-13(15)9-5-3-8(4-6-9)12-10-2-1-7-11-10/h3-6H,1-2,7H2,(H,11,12). The van der Waals surface area contributed by atoms with Crippen LogP contribution in [0.2, 0.25) is 0 Å². The Kier molecular flexibility index (Phi) is 2.62. The van der Waals surface area contributed by atoms with E-state index in [0.717, 1.165) is 30.9 Å². The summed E-state index contributed by atoms with van der Waals surface area (Å²) in [7, 11) is 0. The van der Waals surface area contributed by atoms with Gasteiger partial charge in [-0.3, -0.25) is 15.1 Å². The molecule has 0 saturated heterocycles. The highest BCUT2D eigenvalue weighted by Crippen LogP contribution is 2.16. The van der Waals surface area contributed by atoms with E-state index in [0.29, 0.717) is 0 Å². The molecule has 0 bridgehead atoms. The average Bonchev–Trinajstić information content (AvgIpc) is 2.71. The van der Waals surface area contributed by atoms with E-state index in [1.54, 1.807) is 12.1 Å². The molecular weight excluding hydrogens is 194 g/mol. The van der Waals surface area contributed by atoms with Crippen molar-refractivity contribution in [2.75, 3.05) is 11.9 Å². The molecule has 2 rings (SSSR count). The van der Waals surface area contributed by atoms with Gasteiger partial charge in [0.2, 0.25) is 0 Å². The monoisotopic (exact) mass is 205 g/mol. The maximum atomic E-state index is 10.4. The molecular formula is C10H11N3O2. The Bertz CT molecular complexity index is 398. The van der Waals surface area contributed by atoms with Crippen LogP contribution in [-0.4, -0.2) is 17.3 Å². The smallest absolute Gasteiger partial charge is 0.269 e. The molecule has 0 amide bonds. The fourth-order valence-electron chi connectivity index (χ4n) is 1.47. The predicted molar refractivity (Wildman–Crippen MR) is 58.3 cm³/mol. The molecule has 5 heteroatoms. The number of nitro benzene ring substituents is 1. The Balaban J connectivity index is 2.06. The van der Waals surface area contributed by atoms with Gasteiger partial charge in [-0.15, -0.1) is 0 Å². The summed E-state index contributed by atoms with van der Waals surface area (Å²) in [4.78, 5) is 14.3. The number of hydrogen-bond donors (Lipinski definition) is 1. The molecule has 0 atom stereocenters. The highest BCUT2D eigenvalue weighted by atomic mass is 16.6. The number of nitro groups is 1. The van der Waals surface area contributed by atoms with E-state index in [4.69, 9.17) is 0 Å². The van der Waals surface area contributed by atoms with Gasteiger partial charge in [0.25, 0.3) is 5.69 Å². The number of hydrogen-bond acceptors (Lipinski definition) is 4. The van der Waals surface area contributed by atoms with Crippen molar-refractivity contribution in [3.05, 3.63) is 34.4 Å². The Morgan fingerprint density at radius 1 is 1.33 bits per heavy atom. The second kappa shape index (κ2) is 4.08. The van der Waals surface area contributed by atoms with E-state index in [1.807, 2.05) is 0 Å². The van der Waals surface area contributed by atoms with Crippen molar-refractivity contribution >= 4 is 17.2 Å². The van der Waals surface area contributed by atoms with Gasteiger partial charge in [-0.25, -0.2) is 0 Å². The number of benzene rings is 1. The first-order valence-corrected chi connectivity index (χ1v) is 4.80. The summed E-state index contributed by atoms with van der Waals surface area (Å²) in [6.45, 7) is 0.870. The largest absolute Gasteiger partial charge is 0.344 e. The van der Waals surface area contributed by atoms with Crippen LogP contribution in [0.3, 0.4) is 0 Å². The maximum Gasteiger partial charge on any atom is 0.269 e. The number of amidine groups is 1. The van der Waals surface area contributed by atoms with Crippen molar-refractivity contribution in [3.63, 3.8) is 0 Å². The summed E-state index contributed by atoms with van der Waals surface area (Å²) in [6.07, 6.45) is 2.03. The first-order chi connectivity index (χ1) is 7.25. The van der Waals surface area contributed by atoms with Crippen LogP contribution in [0.1, 0.15) is 12.8 Å². The Hall–Kier alpha value is -1.91. The van der Waals surface area contributed by atoms with Gasteiger partial charge in [-0.1, -0.05) is 0 Å². The van der Waals surface area contributed by atoms with Gasteiger partial charge in [0.05, 0.1) is 4.92 Å². The molecule has 0 unspecified atom stereocenters. The van der Waals surface area contributed by atoms with Crippen molar-refractivity contribution < 1.29 is 4.92 Å². The summed E-state index contributed by atoms with van der Waals surface area (Å²) < 4.78 is 0. The second-order valence-corrected chi connectivity index (χ2v) is 3.36. The third-order valence-electron chi connectivity index (χ3n) is 2.24. The SMILES string of the molecule is O=[N+]([O-])c1ccc(NC2=NCCC2)cc1. The Morgan fingerprint density at radius 2 is 2.07 bits per heavy atom. The summed E-state index contributed by atoms with van der Waals surface area (Å²) in [5.41, 5.74) is 0.954. The summed E-state index contributed by atoms with van der Waals surface area (Å²) in [5, 5.41) is 13.6. The van der Waals surface area contributed by atoms with Gasteiger partial charge < -0.3 is 5.32 Å². The minimum atomic E-state index is -0.406. The highest BCUT2D eigenvalue weighted by molar-refractivity contribution is 5.96. The lowest BCUT2D eigenvalue weighted by atomic mass is 10.2. The van der Waals surface area contributed by atoms with Gasteiger partial charge in [0.1, 0.15) is 5.84 Å². The minimum absolute atomic E-state index is 0.105. The van der Waals surface area contributed by atoms with Crippen LogP contribution in [0.4, 0.5) is 11.4 Å². The van der Waals surface area contributed by atoms with Crippen LogP contribution in [0.5, 0.6) is 0 Å². The lowest BCUT2D eigenvalue weighted by molar-refractivity contribution is -0.384. The fraction of sp³-hybridized carbons (Fsp3) is 0.300. The van der Waals surface area contributed by atoms with Gasteiger partial charge in [0.15, 0.2) is 0 Å². The molecule has 1 heterocycles. The zero-order valence-corrected chi connectivity index (χ0v) is 8.14. The van der Waals surface area contributed by atoms with Crippen molar-refractivity contribution in [3.8, 4) is 0 Å². The molecule has 1 N–H and O–H groups in total. The van der Waals surface area contributed by atoms with Gasteiger partial charge in [0, 0.05) is 30.8 Å². The van der Waals surface area contributed by atoms with Gasteiger partial charge in [-0.05, 0) is 18.6 Å². The van der Waals surface area contributed by atoms with Crippen LogP contribution in [0.15, 0.2) is 29.3 Å². The van der Waals surface area contributed by atoms with E-state index in [2.05, 4.69) is 10.3 Å². The van der Waals surface area contributed by atoms with Crippen molar-refractivity contribution in [1.29, 1.82) is 0 Å². The fourth-order valence-corrected chi connectivity index (χ4v) is 1.47. The molecule has 0 saturated carbocycles. The third-order valence-corrected chi connectivity index (χ3v) is 2.24. The number of nitrogens with zero attached hydrogens (tertiary/aromatic N) is 2. The van der Waals surface area contributed by atoms with E-state index >= 15 is 0 Å². The molecule has 0 spiro atoms. The van der Waals surface area contributed by atoms with Crippen LogP contribution < -0.4 is 5.32 Å². The molecule has 1 aromatic rings. The topological polar surface area (TPSA) is 67.5 Å². The molecule has 0 fully saturated rings. The quantitative estimate of drug-likeness (QED) is 0.594. The van der Waals surface area contributed by atoms with Crippen molar-refractivity contribution in [2.24, 2.45) is 4.99 Å². The molecule has 5 nitrogen and oxygen atoms in total. The Morgan fingerprint density at radius 3 is 2.60 bits per heavy atom. The molecule has 0 aliphatic carbocycles. The summed E-state index contributed by atoms with van der Waals surface area (Å²) in [5.74, 6) is 0.962. The second-order valence-electron chi connectivity index (χ2n) is 3.36. The van der Waals surface area contributed by atoms with Crippen molar-refractivity contribution in [2.45, 2.75) is 12.8 Å². The van der Waals surface area contributed by atoms with Crippen LogP contribution in [0.25, 0.3) is 0 Å². The maximum absolute atomic E-state index is 10.4. The number of nitrogens with one attached hydrogen (secondary N) is 1. The number of anilines is 1. The molecule has 1 aliphatic rings. The van der Waals surface area contributed by atoms with Crippen LogP contribution in [0, 0.1) is 10.1 Å². The van der Waals surface area contributed by atoms with E-state index in [1.165, 1.54) is 12.1 Å². The zero-order chi connectivity index (χ0) is 10.7. The molecule has 0 aromatic heterocycles. The van der Waals surface area contributed by atoms with E-state index in [-0.39, 0.29) is 5.69 Å². The molecule has 78 valence electrons. The van der Waals surface area contributed by atoms with Gasteiger partial charge in [-0.2, -0.15) is 0 Å². The summed E-state index contributed by atoms with van der Waals surface area (Å²) in [6, 6.07) is 6.35. The van der Waals surface area contributed by atoms with Crippen LogP contribution >= 0.6 is 0 Å². The first-order valence-electron chi connectivity index (χ1n) is 4.80. The van der Waals surface area contributed by atoms with Gasteiger partial charge >= 0.3 is 0 Å². The third kappa shape index (κ3) is 2.31. The van der Waals surface area contributed by atoms with Crippen molar-refractivity contribution in [1.82, 2.24) is 0 Å². The summed E-state index contributed by atoms with van der Waals surface area (Å²) >= 11 is 0. The predicted octanol–water partition coefficient (Wildman–Crippen LogP) is 2.20.